The van der Waals surface area contributed by atoms with Gasteiger partial charge in [-0.3, -0.25) is 9.59 Å². The van der Waals surface area contributed by atoms with E-state index in [1.54, 1.807) is 25.1 Å². The van der Waals surface area contributed by atoms with Crippen LogP contribution in [-0.2, 0) is 21.9 Å². The van der Waals surface area contributed by atoms with E-state index in [1.807, 2.05) is 31.2 Å². The SMILES string of the molecule is CCCNC(=O)C(C)N(Cc1ccccc1F)C(=O)CSCc1ccc(Br)cc1. The van der Waals surface area contributed by atoms with Gasteiger partial charge in [0.25, 0.3) is 0 Å². The fourth-order valence-corrected chi connectivity index (χ4v) is 3.84. The zero-order chi connectivity index (χ0) is 21.2. The Balaban J connectivity index is 2.05. The first-order valence-corrected chi connectivity index (χ1v) is 11.5. The van der Waals surface area contributed by atoms with E-state index in [9.17, 15) is 14.0 Å². The molecule has 2 rings (SSSR count). The lowest BCUT2D eigenvalue weighted by molar-refractivity contribution is -0.138. The third-order valence-corrected chi connectivity index (χ3v) is 5.94. The second-order valence-electron chi connectivity index (χ2n) is 6.70. The van der Waals surface area contributed by atoms with Crippen molar-refractivity contribution in [1.82, 2.24) is 10.2 Å². The van der Waals surface area contributed by atoms with Gasteiger partial charge in [0.1, 0.15) is 11.9 Å². The molecule has 1 atom stereocenters. The van der Waals surface area contributed by atoms with Gasteiger partial charge in [-0.1, -0.05) is 53.2 Å². The van der Waals surface area contributed by atoms with Gasteiger partial charge in [0.15, 0.2) is 0 Å². The molecule has 0 heterocycles. The summed E-state index contributed by atoms with van der Waals surface area (Å²) in [6.45, 7) is 4.25. The molecule has 0 aliphatic rings. The number of hydrogen-bond donors (Lipinski definition) is 1. The Hall–Kier alpha value is -1.86. The van der Waals surface area contributed by atoms with Gasteiger partial charge in [-0.25, -0.2) is 4.39 Å². The van der Waals surface area contributed by atoms with Crippen LogP contribution in [0.4, 0.5) is 4.39 Å². The summed E-state index contributed by atoms with van der Waals surface area (Å²) < 4.78 is 15.1. The van der Waals surface area contributed by atoms with Crippen molar-refractivity contribution >= 4 is 39.5 Å². The first-order chi connectivity index (χ1) is 13.9. The molecular weight excluding hydrogens is 455 g/mol. The smallest absolute Gasteiger partial charge is 0.242 e. The van der Waals surface area contributed by atoms with Crippen LogP contribution in [0, 0.1) is 5.82 Å². The molecule has 156 valence electrons. The molecule has 0 aliphatic carbocycles. The molecule has 1 N–H and O–H groups in total. The number of nitrogens with zero attached hydrogens (tertiary/aromatic N) is 1. The Morgan fingerprint density at radius 2 is 1.86 bits per heavy atom. The summed E-state index contributed by atoms with van der Waals surface area (Å²) in [6.07, 6.45) is 0.808. The Bertz CT molecular complexity index is 817. The molecule has 0 aromatic heterocycles. The highest BCUT2D eigenvalue weighted by Gasteiger charge is 2.26. The molecule has 2 aromatic rings. The van der Waals surface area contributed by atoms with Crippen molar-refractivity contribution in [2.24, 2.45) is 0 Å². The van der Waals surface area contributed by atoms with Gasteiger partial charge in [-0.2, -0.15) is 0 Å². The number of benzene rings is 2. The van der Waals surface area contributed by atoms with Crippen molar-refractivity contribution in [3.63, 3.8) is 0 Å². The fraction of sp³-hybridized carbons (Fsp3) is 0.364. The summed E-state index contributed by atoms with van der Waals surface area (Å²) in [5, 5.41) is 2.82. The summed E-state index contributed by atoms with van der Waals surface area (Å²) in [5.41, 5.74) is 1.51. The molecule has 7 heteroatoms. The maximum absolute atomic E-state index is 14.1. The third-order valence-electron chi connectivity index (χ3n) is 4.42. The summed E-state index contributed by atoms with van der Waals surface area (Å²) in [6, 6.07) is 13.6. The largest absolute Gasteiger partial charge is 0.354 e. The molecule has 1 unspecified atom stereocenters. The molecule has 2 aromatic carbocycles. The van der Waals surface area contributed by atoms with Crippen LogP contribution >= 0.6 is 27.7 Å². The highest BCUT2D eigenvalue weighted by atomic mass is 79.9. The van der Waals surface area contributed by atoms with Crippen LogP contribution in [0.15, 0.2) is 53.0 Å². The highest BCUT2D eigenvalue weighted by molar-refractivity contribution is 9.10. The molecule has 4 nitrogen and oxygen atoms in total. The summed E-state index contributed by atoms with van der Waals surface area (Å²) in [7, 11) is 0. The van der Waals surface area contributed by atoms with E-state index < -0.39 is 6.04 Å². The second-order valence-corrected chi connectivity index (χ2v) is 8.60. The van der Waals surface area contributed by atoms with Gasteiger partial charge in [-0.15, -0.1) is 11.8 Å². The normalized spacial score (nSPS) is 11.7. The molecule has 0 saturated carbocycles. The van der Waals surface area contributed by atoms with Gasteiger partial charge in [0.2, 0.25) is 11.8 Å². The van der Waals surface area contributed by atoms with Crippen LogP contribution in [0.1, 0.15) is 31.4 Å². The molecule has 29 heavy (non-hydrogen) atoms. The molecule has 0 bridgehead atoms. The summed E-state index contributed by atoms with van der Waals surface area (Å²) in [4.78, 5) is 26.8. The van der Waals surface area contributed by atoms with Crippen molar-refractivity contribution in [2.75, 3.05) is 12.3 Å². The molecule has 2 amide bonds. The molecule has 0 saturated heterocycles. The van der Waals surface area contributed by atoms with Gasteiger partial charge >= 0.3 is 0 Å². The number of amides is 2. The fourth-order valence-electron chi connectivity index (χ4n) is 2.71. The first-order valence-electron chi connectivity index (χ1n) is 9.55. The highest BCUT2D eigenvalue weighted by Crippen LogP contribution is 2.18. The maximum Gasteiger partial charge on any atom is 0.242 e. The van der Waals surface area contributed by atoms with E-state index >= 15 is 0 Å². The van der Waals surface area contributed by atoms with E-state index in [4.69, 9.17) is 0 Å². The Morgan fingerprint density at radius 3 is 2.52 bits per heavy atom. The average molecular weight is 481 g/mol. The van der Waals surface area contributed by atoms with E-state index in [2.05, 4.69) is 21.2 Å². The number of rotatable bonds is 10. The van der Waals surface area contributed by atoms with Gasteiger partial charge < -0.3 is 10.2 Å². The number of carbonyl (C=O) groups is 2. The zero-order valence-electron chi connectivity index (χ0n) is 16.7. The van der Waals surface area contributed by atoms with E-state index in [-0.39, 0.29) is 29.9 Å². The molecule has 0 fully saturated rings. The van der Waals surface area contributed by atoms with Crippen LogP contribution in [0.25, 0.3) is 0 Å². The van der Waals surface area contributed by atoms with Crippen molar-refractivity contribution < 1.29 is 14.0 Å². The molecule has 0 aliphatic heterocycles. The number of carbonyl (C=O) groups excluding carboxylic acids is 2. The van der Waals surface area contributed by atoms with E-state index in [0.717, 1.165) is 16.5 Å². The van der Waals surface area contributed by atoms with E-state index in [0.29, 0.717) is 17.9 Å². The van der Waals surface area contributed by atoms with Crippen molar-refractivity contribution in [3.05, 3.63) is 69.9 Å². The lowest BCUT2D eigenvalue weighted by atomic mass is 10.1. The van der Waals surface area contributed by atoms with Crippen molar-refractivity contribution in [1.29, 1.82) is 0 Å². The molecule has 0 spiro atoms. The van der Waals surface area contributed by atoms with Crippen LogP contribution in [0.5, 0.6) is 0 Å². The zero-order valence-corrected chi connectivity index (χ0v) is 19.1. The minimum Gasteiger partial charge on any atom is -0.354 e. The lowest BCUT2D eigenvalue weighted by Crippen LogP contribution is -2.48. The topological polar surface area (TPSA) is 49.4 Å². The molecular formula is C22H26BrFN2O2S. The Labute approximate surface area is 184 Å². The quantitative estimate of drug-likeness (QED) is 0.532. The minimum absolute atomic E-state index is 0.0606. The lowest BCUT2D eigenvalue weighted by Gasteiger charge is -2.29. The van der Waals surface area contributed by atoms with Gasteiger partial charge in [-0.05, 0) is 37.1 Å². The van der Waals surface area contributed by atoms with E-state index in [1.165, 1.54) is 22.7 Å². The van der Waals surface area contributed by atoms with Gasteiger partial charge in [0, 0.05) is 28.9 Å². The van der Waals surface area contributed by atoms with Crippen LogP contribution < -0.4 is 5.32 Å². The van der Waals surface area contributed by atoms with Gasteiger partial charge in [0.05, 0.1) is 5.75 Å². The van der Waals surface area contributed by atoms with Crippen LogP contribution in [-0.4, -0.2) is 35.1 Å². The second kappa shape index (κ2) is 12.0. The average Bonchev–Trinajstić information content (AvgIpc) is 2.72. The Kier molecular flexibility index (Phi) is 9.67. The maximum atomic E-state index is 14.1. The van der Waals surface area contributed by atoms with Crippen LogP contribution in [0.2, 0.25) is 0 Å². The Morgan fingerprint density at radius 1 is 1.17 bits per heavy atom. The predicted octanol–water partition coefficient (Wildman–Crippen LogP) is 4.76. The van der Waals surface area contributed by atoms with Crippen LogP contribution in [0.3, 0.4) is 0 Å². The standard InChI is InChI=1S/C22H26BrFN2O2S/c1-3-12-25-22(28)16(2)26(13-18-6-4-5-7-20(18)24)21(27)15-29-14-17-8-10-19(23)11-9-17/h4-11,16H,3,12-15H2,1-2H3,(H,25,28). The number of thioether (sulfide) groups is 1. The van der Waals surface area contributed by atoms with Crippen molar-refractivity contribution in [3.8, 4) is 0 Å². The first kappa shape index (κ1) is 23.4. The monoisotopic (exact) mass is 480 g/mol. The summed E-state index contributed by atoms with van der Waals surface area (Å²) in [5.74, 6) is 0.108. The summed E-state index contributed by atoms with van der Waals surface area (Å²) >= 11 is 4.88. The molecule has 0 radical (unpaired) electrons. The minimum atomic E-state index is -0.679. The number of halogens is 2. The number of hydrogen-bond acceptors (Lipinski definition) is 3. The third kappa shape index (κ3) is 7.48. The predicted molar refractivity (Wildman–Crippen MR) is 120 cm³/mol. The number of nitrogens with one attached hydrogen (secondary N) is 1. The van der Waals surface area contributed by atoms with Crippen molar-refractivity contribution in [2.45, 2.75) is 38.6 Å².